The van der Waals surface area contributed by atoms with Crippen LogP contribution in [0.25, 0.3) is 0 Å². The Bertz CT molecular complexity index is 792. The van der Waals surface area contributed by atoms with Crippen molar-refractivity contribution in [3.8, 4) is 5.75 Å². The summed E-state index contributed by atoms with van der Waals surface area (Å²) in [7, 11) is 0. The maximum Gasteiger partial charge on any atom is 0.123 e. The fourth-order valence-electron chi connectivity index (χ4n) is 4.66. The van der Waals surface area contributed by atoms with Gasteiger partial charge in [0.15, 0.2) is 0 Å². The summed E-state index contributed by atoms with van der Waals surface area (Å²) < 4.78 is 8.23. The number of piperidine rings is 2. The lowest BCUT2D eigenvalue weighted by molar-refractivity contribution is -0.0362. The first-order valence-corrected chi connectivity index (χ1v) is 11.5. The molecule has 0 atom stereocenters. The molecule has 4 rings (SSSR count). The van der Waals surface area contributed by atoms with Gasteiger partial charge in [0.1, 0.15) is 18.2 Å². The van der Waals surface area contributed by atoms with Crippen LogP contribution >= 0.6 is 0 Å². The SMILES string of the molecule is Cc1nccn1CC1(O)CCN(Cc2ccccc2OCCN2CCCCC2)CC1. The van der Waals surface area contributed by atoms with E-state index in [4.69, 9.17) is 4.74 Å². The van der Waals surface area contributed by atoms with Gasteiger partial charge in [-0.25, -0.2) is 4.98 Å². The molecule has 0 spiro atoms. The number of hydrogen-bond acceptors (Lipinski definition) is 5. The minimum Gasteiger partial charge on any atom is -0.492 e. The molecule has 2 fully saturated rings. The summed E-state index contributed by atoms with van der Waals surface area (Å²) in [5, 5.41) is 11.0. The van der Waals surface area contributed by atoms with E-state index in [-0.39, 0.29) is 0 Å². The molecule has 0 unspecified atom stereocenters. The van der Waals surface area contributed by atoms with Crippen LogP contribution in [-0.4, -0.2) is 69.4 Å². The molecule has 2 saturated heterocycles. The monoisotopic (exact) mass is 412 g/mol. The van der Waals surface area contributed by atoms with E-state index in [2.05, 4.69) is 43.6 Å². The van der Waals surface area contributed by atoms with Crippen LogP contribution < -0.4 is 4.74 Å². The molecule has 0 bridgehead atoms. The molecule has 1 aromatic heterocycles. The van der Waals surface area contributed by atoms with Gasteiger partial charge < -0.3 is 14.4 Å². The zero-order valence-corrected chi connectivity index (χ0v) is 18.3. The molecule has 0 aliphatic carbocycles. The number of nitrogens with zero attached hydrogens (tertiary/aromatic N) is 4. The Morgan fingerprint density at radius 2 is 1.80 bits per heavy atom. The van der Waals surface area contributed by atoms with E-state index in [0.29, 0.717) is 6.54 Å². The molecule has 2 aliphatic heterocycles. The van der Waals surface area contributed by atoms with E-state index < -0.39 is 5.60 Å². The minimum absolute atomic E-state index is 0.628. The lowest BCUT2D eigenvalue weighted by atomic mass is 9.91. The normalized spacial score (nSPS) is 20.3. The van der Waals surface area contributed by atoms with Crippen LogP contribution in [0.5, 0.6) is 5.75 Å². The fraction of sp³-hybridized carbons (Fsp3) is 0.625. The molecule has 30 heavy (non-hydrogen) atoms. The topological polar surface area (TPSA) is 53.8 Å². The number of benzene rings is 1. The van der Waals surface area contributed by atoms with Crippen molar-refractivity contribution in [1.29, 1.82) is 0 Å². The molecule has 164 valence electrons. The maximum absolute atomic E-state index is 11.0. The first kappa shape index (κ1) is 21.3. The van der Waals surface area contributed by atoms with Gasteiger partial charge in [0.25, 0.3) is 0 Å². The smallest absolute Gasteiger partial charge is 0.123 e. The van der Waals surface area contributed by atoms with Gasteiger partial charge in [-0.05, 0) is 51.8 Å². The molecule has 2 aliphatic rings. The van der Waals surface area contributed by atoms with Crippen LogP contribution in [0.2, 0.25) is 0 Å². The van der Waals surface area contributed by atoms with E-state index in [0.717, 1.165) is 57.2 Å². The highest BCUT2D eigenvalue weighted by Crippen LogP contribution is 2.27. The molecular weight excluding hydrogens is 376 g/mol. The number of aromatic nitrogens is 2. The van der Waals surface area contributed by atoms with Crippen LogP contribution in [0.15, 0.2) is 36.7 Å². The lowest BCUT2D eigenvalue weighted by Crippen LogP contribution is -2.46. The Hall–Kier alpha value is -1.89. The second-order valence-corrected chi connectivity index (χ2v) is 8.96. The average molecular weight is 413 g/mol. The molecule has 6 heteroatoms. The Morgan fingerprint density at radius 3 is 2.53 bits per heavy atom. The minimum atomic E-state index is -0.646. The second-order valence-electron chi connectivity index (χ2n) is 8.96. The standard InChI is InChI=1S/C24H36N4O2/c1-21-25-11-16-28(21)20-24(29)9-14-27(15-10-24)19-22-7-3-4-8-23(22)30-18-17-26-12-5-2-6-13-26/h3-4,7-8,11,16,29H,2,5-6,9-10,12-15,17-20H2,1H3. The summed E-state index contributed by atoms with van der Waals surface area (Å²) in [5.74, 6) is 1.96. The molecule has 2 aromatic rings. The molecule has 6 nitrogen and oxygen atoms in total. The Labute approximate surface area is 180 Å². The second kappa shape index (κ2) is 9.94. The third-order valence-electron chi connectivity index (χ3n) is 6.66. The molecular formula is C24H36N4O2. The van der Waals surface area contributed by atoms with Crippen molar-refractivity contribution in [2.75, 3.05) is 39.3 Å². The molecule has 1 N–H and O–H groups in total. The van der Waals surface area contributed by atoms with Gasteiger partial charge in [-0.2, -0.15) is 0 Å². The number of ether oxygens (including phenoxy) is 1. The maximum atomic E-state index is 11.0. The molecule has 0 amide bonds. The van der Waals surface area contributed by atoms with Crippen molar-refractivity contribution in [3.05, 3.63) is 48.0 Å². The van der Waals surface area contributed by atoms with Gasteiger partial charge in [0, 0.05) is 44.1 Å². The van der Waals surface area contributed by atoms with Gasteiger partial charge >= 0.3 is 0 Å². The van der Waals surface area contributed by atoms with E-state index >= 15 is 0 Å². The van der Waals surface area contributed by atoms with E-state index in [1.807, 2.05) is 13.1 Å². The van der Waals surface area contributed by atoms with Gasteiger partial charge in [-0.15, -0.1) is 0 Å². The third-order valence-corrected chi connectivity index (χ3v) is 6.66. The van der Waals surface area contributed by atoms with E-state index in [1.54, 1.807) is 6.20 Å². The third kappa shape index (κ3) is 5.62. The van der Waals surface area contributed by atoms with Crippen LogP contribution in [-0.2, 0) is 13.1 Å². The first-order chi connectivity index (χ1) is 14.6. The van der Waals surface area contributed by atoms with Crippen molar-refractivity contribution in [1.82, 2.24) is 19.4 Å². The van der Waals surface area contributed by atoms with E-state index in [1.165, 1.54) is 37.9 Å². The number of imidazole rings is 1. The van der Waals surface area contributed by atoms with Gasteiger partial charge in [0.05, 0.1) is 12.1 Å². The first-order valence-electron chi connectivity index (χ1n) is 11.5. The molecule has 1 aromatic carbocycles. The van der Waals surface area contributed by atoms with Gasteiger partial charge in [-0.1, -0.05) is 24.6 Å². The van der Waals surface area contributed by atoms with Gasteiger partial charge in [0.2, 0.25) is 0 Å². The highest BCUT2D eigenvalue weighted by atomic mass is 16.5. The largest absolute Gasteiger partial charge is 0.492 e. The number of likely N-dealkylation sites (tertiary alicyclic amines) is 2. The van der Waals surface area contributed by atoms with Crippen LogP contribution in [0, 0.1) is 6.92 Å². The number of rotatable bonds is 8. The summed E-state index contributed by atoms with van der Waals surface area (Å²) >= 11 is 0. The number of para-hydroxylation sites is 1. The Morgan fingerprint density at radius 1 is 1.03 bits per heavy atom. The van der Waals surface area contributed by atoms with Crippen LogP contribution in [0.4, 0.5) is 0 Å². The predicted molar refractivity (Wildman–Crippen MR) is 119 cm³/mol. The van der Waals surface area contributed by atoms with Crippen LogP contribution in [0.1, 0.15) is 43.5 Å². The van der Waals surface area contributed by atoms with Crippen molar-refractivity contribution in [2.45, 2.75) is 57.7 Å². The average Bonchev–Trinajstić information content (AvgIpc) is 3.16. The lowest BCUT2D eigenvalue weighted by Gasteiger charge is -2.38. The zero-order valence-electron chi connectivity index (χ0n) is 18.3. The summed E-state index contributed by atoms with van der Waals surface area (Å²) in [4.78, 5) is 9.22. The molecule has 0 saturated carbocycles. The number of hydrogen-bond donors (Lipinski definition) is 1. The number of aryl methyl sites for hydroxylation is 1. The number of aliphatic hydroxyl groups is 1. The summed E-state index contributed by atoms with van der Waals surface area (Å²) in [5.41, 5.74) is 0.596. The van der Waals surface area contributed by atoms with Crippen molar-refractivity contribution < 1.29 is 9.84 Å². The van der Waals surface area contributed by atoms with Crippen LogP contribution in [0.3, 0.4) is 0 Å². The Balaban J connectivity index is 1.27. The fourth-order valence-corrected chi connectivity index (χ4v) is 4.66. The van der Waals surface area contributed by atoms with E-state index in [9.17, 15) is 5.11 Å². The summed E-state index contributed by atoms with van der Waals surface area (Å²) in [6, 6.07) is 8.41. The van der Waals surface area contributed by atoms with Crippen molar-refractivity contribution >= 4 is 0 Å². The predicted octanol–water partition coefficient (Wildman–Crippen LogP) is 3.08. The molecule has 0 radical (unpaired) electrons. The summed E-state index contributed by atoms with van der Waals surface area (Å²) in [6.07, 6.45) is 9.32. The van der Waals surface area contributed by atoms with Gasteiger partial charge in [-0.3, -0.25) is 9.80 Å². The Kier molecular flexibility index (Phi) is 7.08. The highest BCUT2D eigenvalue weighted by molar-refractivity contribution is 5.33. The quantitative estimate of drug-likeness (QED) is 0.722. The van der Waals surface area contributed by atoms with Crippen molar-refractivity contribution in [3.63, 3.8) is 0 Å². The molecule has 3 heterocycles. The summed E-state index contributed by atoms with van der Waals surface area (Å²) in [6.45, 7) is 9.46. The highest BCUT2D eigenvalue weighted by Gasteiger charge is 2.33. The zero-order chi connectivity index (χ0) is 20.8. The van der Waals surface area contributed by atoms with Crippen molar-refractivity contribution in [2.24, 2.45) is 0 Å².